The molecular weight excluding hydrogens is 158 g/mol. The largest absolute Gasteiger partial charge is 0.327 e. The average Bonchev–Trinajstić information content (AvgIpc) is 2.18. The van der Waals surface area contributed by atoms with Gasteiger partial charge in [0.05, 0.1) is 0 Å². The summed E-state index contributed by atoms with van der Waals surface area (Å²) in [6.45, 7) is 4.56. The molecule has 1 atom stereocenters. The lowest BCUT2D eigenvalue weighted by atomic mass is 9.75. The third-order valence-corrected chi connectivity index (χ3v) is 3.85. The Hall–Kier alpha value is -0.0400. The zero-order chi connectivity index (χ0) is 9.73. The van der Waals surface area contributed by atoms with Crippen LogP contribution in [0, 0.1) is 5.41 Å². The lowest BCUT2D eigenvalue weighted by Gasteiger charge is -2.33. The molecule has 0 bridgehead atoms. The van der Waals surface area contributed by atoms with Crippen LogP contribution in [0.2, 0.25) is 0 Å². The third kappa shape index (κ3) is 3.30. The van der Waals surface area contributed by atoms with Crippen molar-refractivity contribution in [3.8, 4) is 0 Å². The standard InChI is InChI=1S/C12H25N/c1-11(13)12(2)9-7-5-3-4-6-8-10-12/h11H,3-10,13H2,1-2H3/t11-/m1/s1. The molecule has 0 heterocycles. The van der Waals surface area contributed by atoms with Gasteiger partial charge in [-0.05, 0) is 25.2 Å². The van der Waals surface area contributed by atoms with Gasteiger partial charge in [-0.1, -0.05) is 45.4 Å². The summed E-state index contributed by atoms with van der Waals surface area (Å²) >= 11 is 0. The molecule has 0 spiro atoms. The van der Waals surface area contributed by atoms with E-state index < -0.39 is 0 Å². The van der Waals surface area contributed by atoms with Crippen LogP contribution in [0.3, 0.4) is 0 Å². The summed E-state index contributed by atoms with van der Waals surface area (Å²) in [4.78, 5) is 0. The SMILES string of the molecule is C[C@@H](N)C1(C)CCCCCCCC1. The maximum atomic E-state index is 6.07. The Morgan fingerprint density at radius 3 is 1.69 bits per heavy atom. The van der Waals surface area contributed by atoms with Gasteiger partial charge in [0, 0.05) is 6.04 Å². The molecule has 0 amide bonds. The second-order valence-corrected chi connectivity index (χ2v) is 5.06. The van der Waals surface area contributed by atoms with E-state index in [1.807, 2.05) is 0 Å². The molecule has 0 aromatic carbocycles. The van der Waals surface area contributed by atoms with Crippen LogP contribution < -0.4 is 5.73 Å². The first-order chi connectivity index (χ1) is 6.15. The van der Waals surface area contributed by atoms with Crippen molar-refractivity contribution in [3.05, 3.63) is 0 Å². The van der Waals surface area contributed by atoms with Gasteiger partial charge in [-0.2, -0.15) is 0 Å². The monoisotopic (exact) mass is 183 g/mol. The molecule has 0 unspecified atom stereocenters. The number of rotatable bonds is 1. The quantitative estimate of drug-likeness (QED) is 0.662. The number of nitrogens with two attached hydrogens (primary N) is 1. The average molecular weight is 183 g/mol. The highest BCUT2D eigenvalue weighted by molar-refractivity contribution is 4.83. The van der Waals surface area contributed by atoms with E-state index in [0.717, 1.165) is 0 Å². The summed E-state index contributed by atoms with van der Waals surface area (Å²) in [6, 6.07) is 0.366. The third-order valence-electron chi connectivity index (χ3n) is 3.85. The van der Waals surface area contributed by atoms with Crippen molar-refractivity contribution in [2.75, 3.05) is 0 Å². The van der Waals surface area contributed by atoms with Crippen LogP contribution in [0.25, 0.3) is 0 Å². The van der Waals surface area contributed by atoms with Gasteiger partial charge in [0.2, 0.25) is 0 Å². The smallest absolute Gasteiger partial charge is 0.00643 e. The first-order valence-corrected chi connectivity index (χ1v) is 5.91. The lowest BCUT2D eigenvalue weighted by molar-refractivity contribution is 0.214. The number of hydrogen-bond acceptors (Lipinski definition) is 1. The van der Waals surface area contributed by atoms with Gasteiger partial charge >= 0.3 is 0 Å². The number of hydrogen-bond donors (Lipinski definition) is 1. The predicted octanol–water partition coefficient (Wildman–Crippen LogP) is 3.47. The van der Waals surface area contributed by atoms with Gasteiger partial charge in [0.15, 0.2) is 0 Å². The van der Waals surface area contributed by atoms with Gasteiger partial charge in [0.25, 0.3) is 0 Å². The van der Waals surface area contributed by atoms with Crippen molar-refractivity contribution in [1.82, 2.24) is 0 Å². The molecule has 1 nitrogen and oxygen atoms in total. The molecule has 0 aromatic rings. The normalized spacial score (nSPS) is 27.0. The zero-order valence-electron chi connectivity index (χ0n) is 9.31. The fourth-order valence-electron chi connectivity index (χ4n) is 2.35. The van der Waals surface area contributed by atoms with E-state index in [4.69, 9.17) is 5.73 Å². The summed E-state index contributed by atoms with van der Waals surface area (Å²) in [5.41, 5.74) is 6.49. The minimum absolute atomic E-state index is 0.366. The van der Waals surface area contributed by atoms with Gasteiger partial charge in [-0.15, -0.1) is 0 Å². The van der Waals surface area contributed by atoms with Crippen molar-refractivity contribution in [3.63, 3.8) is 0 Å². The van der Waals surface area contributed by atoms with Gasteiger partial charge in [-0.25, -0.2) is 0 Å². The van der Waals surface area contributed by atoms with E-state index in [-0.39, 0.29) is 0 Å². The molecule has 1 heteroatoms. The van der Waals surface area contributed by atoms with Crippen LogP contribution in [-0.4, -0.2) is 6.04 Å². The van der Waals surface area contributed by atoms with Crippen LogP contribution in [0.5, 0.6) is 0 Å². The summed E-state index contributed by atoms with van der Waals surface area (Å²) in [5, 5.41) is 0. The van der Waals surface area contributed by atoms with Gasteiger partial charge in [-0.3, -0.25) is 0 Å². The van der Waals surface area contributed by atoms with Crippen LogP contribution in [0.15, 0.2) is 0 Å². The molecule has 2 N–H and O–H groups in total. The van der Waals surface area contributed by atoms with Crippen molar-refractivity contribution < 1.29 is 0 Å². The summed E-state index contributed by atoms with van der Waals surface area (Å²) in [7, 11) is 0. The van der Waals surface area contributed by atoms with E-state index in [2.05, 4.69) is 13.8 Å². The topological polar surface area (TPSA) is 26.0 Å². The minimum atomic E-state index is 0.366. The highest BCUT2D eigenvalue weighted by Gasteiger charge is 2.27. The van der Waals surface area contributed by atoms with Crippen molar-refractivity contribution in [1.29, 1.82) is 0 Å². The Morgan fingerprint density at radius 2 is 1.31 bits per heavy atom. The van der Waals surface area contributed by atoms with Crippen molar-refractivity contribution >= 4 is 0 Å². The van der Waals surface area contributed by atoms with E-state index in [0.29, 0.717) is 11.5 Å². The second kappa shape index (κ2) is 4.99. The molecule has 13 heavy (non-hydrogen) atoms. The van der Waals surface area contributed by atoms with E-state index in [9.17, 15) is 0 Å². The molecular formula is C12H25N. The Bertz CT molecular complexity index is 130. The first kappa shape index (κ1) is 11.0. The maximum absolute atomic E-state index is 6.07. The molecule has 0 saturated heterocycles. The lowest BCUT2D eigenvalue weighted by Crippen LogP contribution is -2.36. The Balaban J connectivity index is 2.49. The van der Waals surface area contributed by atoms with Gasteiger partial charge in [0.1, 0.15) is 0 Å². The van der Waals surface area contributed by atoms with E-state index >= 15 is 0 Å². The van der Waals surface area contributed by atoms with E-state index in [1.54, 1.807) is 0 Å². The molecule has 1 rings (SSSR count). The predicted molar refractivity (Wildman–Crippen MR) is 58.7 cm³/mol. The van der Waals surface area contributed by atoms with Crippen LogP contribution in [0.1, 0.15) is 65.2 Å². The summed E-state index contributed by atoms with van der Waals surface area (Å²) < 4.78 is 0. The Labute approximate surface area is 83.1 Å². The first-order valence-electron chi connectivity index (χ1n) is 5.91. The van der Waals surface area contributed by atoms with Crippen molar-refractivity contribution in [2.24, 2.45) is 11.1 Å². The molecule has 0 aliphatic heterocycles. The second-order valence-electron chi connectivity index (χ2n) is 5.06. The summed E-state index contributed by atoms with van der Waals surface area (Å²) in [6.07, 6.45) is 11.2. The summed E-state index contributed by atoms with van der Waals surface area (Å²) in [5.74, 6) is 0. The Morgan fingerprint density at radius 1 is 0.923 bits per heavy atom. The van der Waals surface area contributed by atoms with Crippen LogP contribution >= 0.6 is 0 Å². The molecule has 0 radical (unpaired) electrons. The molecule has 0 aromatic heterocycles. The molecule has 1 aliphatic rings. The van der Waals surface area contributed by atoms with Crippen LogP contribution in [-0.2, 0) is 0 Å². The van der Waals surface area contributed by atoms with Gasteiger partial charge < -0.3 is 5.73 Å². The van der Waals surface area contributed by atoms with E-state index in [1.165, 1.54) is 51.4 Å². The van der Waals surface area contributed by atoms with Crippen molar-refractivity contribution in [2.45, 2.75) is 71.3 Å². The minimum Gasteiger partial charge on any atom is -0.327 e. The fraction of sp³-hybridized carbons (Fsp3) is 1.00. The van der Waals surface area contributed by atoms with Crippen LogP contribution in [0.4, 0.5) is 0 Å². The maximum Gasteiger partial charge on any atom is 0.00643 e. The fourth-order valence-corrected chi connectivity index (χ4v) is 2.35. The highest BCUT2D eigenvalue weighted by Crippen LogP contribution is 2.35. The molecule has 1 aliphatic carbocycles. The highest BCUT2D eigenvalue weighted by atomic mass is 14.7. The molecule has 78 valence electrons. The zero-order valence-corrected chi connectivity index (χ0v) is 9.31. The molecule has 1 fully saturated rings. The Kier molecular flexibility index (Phi) is 4.24. The molecule has 1 saturated carbocycles.